The van der Waals surface area contributed by atoms with Crippen molar-refractivity contribution in [3.63, 3.8) is 0 Å². The Labute approximate surface area is 198 Å². The highest BCUT2D eigenvalue weighted by atomic mass is 35.5. The van der Waals surface area contributed by atoms with E-state index in [1.54, 1.807) is 17.8 Å². The zero-order chi connectivity index (χ0) is 23.3. The summed E-state index contributed by atoms with van der Waals surface area (Å²) in [4.78, 5) is 13.8. The fourth-order valence-corrected chi connectivity index (χ4v) is 5.12. The molecule has 3 aromatic rings. The van der Waals surface area contributed by atoms with E-state index in [9.17, 15) is 13.2 Å². The number of carbonyl (C=O) groups excluding carboxylic acids is 1. The maximum absolute atomic E-state index is 12.9. The van der Waals surface area contributed by atoms with E-state index >= 15 is 0 Å². The number of carbonyl (C=O) groups is 1. The molecule has 0 saturated heterocycles. The van der Waals surface area contributed by atoms with Gasteiger partial charge in [0.25, 0.3) is 0 Å². The van der Waals surface area contributed by atoms with Gasteiger partial charge in [-0.1, -0.05) is 48.0 Å². The second-order valence-electron chi connectivity index (χ2n) is 7.52. The molecule has 168 valence electrons. The summed E-state index contributed by atoms with van der Waals surface area (Å²) in [6.07, 6.45) is 1.11. The molecular formula is C24H25ClN2O3S2. The molecular weight excluding hydrogens is 464 g/mol. The largest absolute Gasteiger partial charge is 0.323 e. The number of thioether (sulfide) groups is 1. The highest BCUT2D eigenvalue weighted by Crippen LogP contribution is 2.30. The van der Waals surface area contributed by atoms with Crippen LogP contribution < -0.4 is 9.62 Å². The summed E-state index contributed by atoms with van der Waals surface area (Å²) in [5, 5.41) is 3.56. The molecule has 3 aromatic carbocycles. The van der Waals surface area contributed by atoms with Crippen LogP contribution in [0.15, 0.2) is 71.6 Å². The van der Waals surface area contributed by atoms with Crippen molar-refractivity contribution in [3.05, 3.63) is 88.4 Å². The molecule has 0 aliphatic rings. The Balaban J connectivity index is 1.76. The topological polar surface area (TPSA) is 66.5 Å². The number of hydrogen-bond acceptors (Lipinski definition) is 4. The van der Waals surface area contributed by atoms with Gasteiger partial charge in [0.1, 0.15) is 6.54 Å². The molecule has 1 N–H and O–H groups in total. The number of para-hydroxylation sites is 1. The number of aryl methyl sites for hydroxylation is 2. The van der Waals surface area contributed by atoms with Crippen molar-refractivity contribution >= 4 is 50.7 Å². The third-order valence-electron chi connectivity index (χ3n) is 4.79. The van der Waals surface area contributed by atoms with E-state index in [0.29, 0.717) is 22.2 Å². The van der Waals surface area contributed by atoms with Crippen molar-refractivity contribution in [2.45, 2.75) is 24.5 Å². The first kappa shape index (κ1) is 24.2. The van der Waals surface area contributed by atoms with Crippen LogP contribution in [0.4, 0.5) is 11.4 Å². The van der Waals surface area contributed by atoms with E-state index < -0.39 is 15.9 Å². The monoisotopic (exact) mass is 488 g/mol. The standard InChI is InChI=1S/C24H25ClN2O3S2/c1-17-8-9-18(2)22(14-17)27(32(3,29)30)15-24(28)26-21-6-4-5-7-23(21)31-16-19-10-12-20(25)13-11-19/h4-14H,15-16H2,1-3H3,(H,26,28). The van der Waals surface area contributed by atoms with Crippen LogP contribution >= 0.6 is 23.4 Å². The van der Waals surface area contributed by atoms with E-state index in [1.165, 1.54) is 0 Å². The van der Waals surface area contributed by atoms with Gasteiger partial charge in [0, 0.05) is 15.7 Å². The summed E-state index contributed by atoms with van der Waals surface area (Å²) in [5.74, 6) is 0.304. The maximum Gasteiger partial charge on any atom is 0.245 e. The molecule has 0 aromatic heterocycles. The fourth-order valence-electron chi connectivity index (χ4n) is 3.13. The van der Waals surface area contributed by atoms with Crippen LogP contribution in [0.3, 0.4) is 0 Å². The van der Waals surface area contributed by atoms with E-state index in [4.69, 9.17) is 11.6 Å². The number of sulfonamides is 1. The molecule has 8 heteroatoms. The lowest BCUT2D eigenvalue weighted by Crippen LogP contribution is -2.38. The van der Waals surface area contributed by atoms with E-state index in [1.807, 2.05) is 74.5 Å². The van der Waals surface area contributed by atoms with Gasteiger partial charge in [0.15, 0.2) is 0 Å². The van der Waals surface area contributed by atoms with E-state index in [-0.39, 0.29) is 6.54 Å². The number of benzene rings is 3. The van der Waals surface area contributed by atoms with Crippen molar-refractivity contribution < 1.29 is 13.2 Å². The van der Waals surface area contributed by atoms with Crippen LogP contribution in [0.2, 0.25) is 5.02 Å². The van der Waals surface area contributed by atoms with Gasteiger partial charge in [-0.2, -0.15) is 0 Å². The highest BCUT2D eigenvalue weighted by molar-refractivity contribution is 7.98. The molecule has 0 heterocycles. The Bertz CT molecular complexity index is 1210. The van der Waals surface area contributed by atoms with Crippen molar-refractivity contribution in [1.82, 2.24) is 0 Å². The van der Waals surface area contributed by atoms with Crippen LogP contribution in [0, 0.1) is 13.8 Å². The minimum Gasteiger partial charge on any atom is -0.323 e. The van der Waals surface area contributed by atoms with Crippen molar-refractivity contribution in [2.75, 3.05) is 22.4 Å². The van der Waals surface area contributed by atoms with Gasteiger partial charge >= 0.3 is 0 Å². The predicted molar refractivity (Wildman–Crippen MR) is 134 cm³/mol. The average Bonchev–Trinajstić information content (AvgIpc) is 2.74. The second-order valence-corrected chi connectivity index (χ2v) is 10.9. The van der Waals surface area contributed by atoms with Crippen molar-refractivity contribution in [3.8, 4) is 0 Å². The number of anilines is 2. The summed E-state index contributed by atoms with van der Waals surface area (Å²) in [7, 11) is -3.65. The van der Waals surface area contributed by atoms with Crippen molar-refractivity contribution in [1.29, 1.82) is 0 Å². The first-order valence-corrected chi connectivity index (χ1v) is 13.2. The number of halogens is 1. The zero-order valence-corrected chi connectivity index (χ0v) is 20.5. The van der Waals surface area contributed by atoms with Gasteiger partial charge in [-0.25, -0.2) is 8.42 Å². The smallest absolute Gasteiger partial charge is 0.245 e. The number of hydrogen-bond donors (Lipinski definition) is 1. The van der Waals surface area contributed by atoms with Gasteiger partial charge in [-0.05, 0) is 60.9 Å². The lowest BCUT2D eigenvalue weighted by Gasteiger charge is -2.24. The molecule has 0 fully saturated rings. The molecule has 32 heavy (non-hydrogen) atoms. The van der Waals surface area contributed by atoms with E-state index in [0.717, 1.165) is 32.1 Å². The van der Waals surface area contributed by atoms with Gasteiger partial charge in [-0.15, -0.1) is 11.8 Å². The molecule has 0 atom stereocenters. The molecule has 0 unspecified atom stereocenters. The SMILES string of the molecule is Cc1ccc(C)c(N(CC(=O)Nc2ccccc2SCc2ccc(Cl)cc2)S(C)(=O)=O)c1. The Morgan fingerprint density at radius 2 is 1.72 bits per heavy atom. The summed E-state index contributed by atoms with van der Waals surface area (Å²) in [6, 6.07) is 20.6. The minimum atomic E-state index is -3.65. The Kier molecular flexibility index (Phi) is 7.87. The summed E-state index contributed by atoms with van der Waals surface area (Å²) in [5.41, 5.74) is 3.97. The second kappa shape index (κ2) is 10.4. The minimum absolute atomic E-state index is 0.306. The molecule has 0 spiro atoms. The Hall–Kier alpha value is -2.48. The van der Waals surface area contributed by atoms with Crippen molar-refractivity contribution in [2.24, 2.45) is 0 Å². The van der Waals surface area contributed by atoms with Crippen LogP contribution in [0.5, 0.6) is 0 Å². The van der Waals surface area contributed by atoms with Crippen LogP contribution in [0.25, 0.3) is 0 Å². The molecule has 0 aliphatic carbocycles. The summed E-state index contributed by atoms with van der Waals surface area (Å²) >= 11 is 7.53. The third kappa shape index (κ3) is 6.51. The lowest BCUT2D eigenvalue weighted by atomic mass is 10.1. The maximum atomic E-state index is 12.9. The Morgan fingerprint density at radius 3 is 2.41 bits per heavy atom. The quantitative estimate of drug-likeness (QED) is 0.416. The zero-order valence-electron chi connectivity index (χ0n) is 18.1. The van der Waals surface area contributed by atoms with Gasteiger partial charge in [-0.3, -0.25) is 9.10 Å². The molecule has 3 rings (SSSR count). The number of amides is 1. The normalized spacial score (nSPS) is 11.2. The number of nitrogens with one attached hydrogen (secondary N) is 1. The number of rotatable bonds is 8. The molecule has 0 radical (unpaired) electrons. The average molecular weight is 489 g/mol. The molecule has 5 nitrogen and oxygen atoms in total. The van der Waals surface area contributed by atoms with Crippen LogP contribution in [0.1, 0.15) is 16.7 Å². The first-order valence-electron chi connectivity index (χ1n) is 9.94. The Morgan fingerprint density at radius 1 is 1.03 bits per heavy atom. The predicted octanol–water partition coefficient (Wildman–Crippen LogP) is 5.65. The molecule has 1 amide bonds. The van der Waals surface area contributed by atoms with Gasteiger partial charge in [0.2, 0.25) is 15.9 Å². The molecule has 0 bridgehead atoms. The number of nitrogens with zero attached hydrogens (tertiary/aromatic N) is 1. The fraction of sp³-hybridized carbons (Fsp3) is 0.208. The van der Waals surface area contributed by atoms with Crippen LogP contribution in [-0.2, 0) is 20.6 Å². The summed E-state index contributed by atoms with van der Waals surface area (Å²) < 4.78 is 26.1. The van der Waals surface area contributed by atoms with E-state index in [2.05, 4.69) is 5.32 Å². The first-order chi connectivity index (χ1) is 15.1. The third-order valence-corrected chi connectivity index (χ3v) is 7.31. The van der Waals surface area contributed by atoms with Crippen LogP contribution in [-0.4, -0.2) is 27.1 Å². The molecule has 0 saturated carbocycles. The highest BCUT2D eigenvalue weighted by Gasteiger charge is 2.23. The van der Waals surface area contributed by atoms with Gasteiger partial charge < -0.3 is 5.32 Å². The lowest BCUT2D eigenvalue weighted by molar-refractivity contribution is -0.114. The molecule has 0 aliphatic heterocycles. The van der Waals surface area contributed by atoms with Gasteiger partial charge in [0.05, 0.1) is 17.6 Å². The summed E-state index contributed by atoms with van der Waals surface area (Å²) in [6.45, 7) is 3.41.